The zero-order valence-corrected chi connectivity index (χ0v) is 56.1. The van der Waals surface area contributed by atoms with Crippen LogP contribution >= 0.6 is 35.1 Å². The molecule has 4 aromatic rings. The number of amides is 2. The minimum atomic E-state index is -4.89. The molecule has 11 atom stereocenters. The third-order valence-electron chi connectivity index (χ3n) is 16.3. The molecule has 8 rings (SSSR count). The lowest BCUT2D eigenvalue weighted by molar-refractivity contribution is -0.384. The normalized spacial score (nSPS) is 22.1. The number of aromatic hydroxyl groups is 1. The number of phosphoric ester groups is 3. The summed E-state index contributed by atoms with van der Waals surface area (Å²) in [5.74, 6) is -3.85. The number of rotatable bonds is 37. The van der Waals surface area contributed by atoms with E-state index in [9.17, 15) is 73.0 Å². The number of fused-ring (bicyclic) bond motifs is 2. The Morgan fingerprint density at radius 1 is 0.875 bits per heavy atom. The number of nitro benzene ring substituents is 1. The number of allylic oxidation sites excluding steroid dienone is 3. The Balaban J connectivity index is 0.721. The number of β-amino-alcohol motifs (C(OH)–C–C–N with tert-alkyl or cyclic N) is 1. The van der Waals surface area contributed by atoms with Crippen molar-refractivity contribution in [1.29, 1.82) is 0 Å². The van der Waals surface area contributed by atoms with Crippen LogP contribution < -0.4 is 20.7 Å². The van der Waals surface area contributed by atoms with Gasteiger partial charge in [-0.05, 0) is 118 Å². The van der Waals surface area contributed by atoms with Gasteiger partial charge in [-0.15, -0.1) is 5.11 Å². The van der Waals surface area contributed by atoms with Crippen LogP contribution in [0.3, 0.4) is 0 Å². The van der Waals surface area contributed by atoms with Crippen molar-refractivity contribution in [3.05, 3.63) is 140 Å². The molecule has 3 aliphatic heterocycles. The van der Waals surface area contributed by atoms with E-state index in [0.717, 1.165) is 5.69 Å². The molecule has 96 heavy (non-hydrogen) atoms. The number of phenols is 1. The standard InChI is InChI=1S/C61H78BClN7O23P3/c1-68(41-14-12-40(13-15-41)66-67-52-22-16-42(70(78)79)29-51(52)63)25-8-10-58(74)69-33-46(73)28-43(69)36-89-96(84,85)93-55-32-57(62)92-56(55)37-90-95(82,83)88-35-38(9-4-5-23-64)34-87-94(80,81)86-26-7-3-2-6-24-65-60(75)39-11-19-47(61(76)77)50(27-39)59-48-20-17-44(71)30-53(48)91-54-31-45(72)18-21-49(54)59/h11-22,27,29-31,38,43,46,48,55-57,59,72-73H,2-10,23-26,28,32-37,62,64H2,1H3,(H,65,75)(H,76,77)(H,80,81)(H,82,83)(H,84,85)/b67-66+/t38?,43-,46+,48?,55?,56?,57?,59?/m0/s1. The zero-order chi connectivity index (χ0) is 69.3. The van der Waals surface area contributed by atoms with Crippen molar-refractivity contribution in [2.75, 3.05) is 71.2 Å². The molecule has 9 N–H and O–H groups in total. The monoisotopic (exact) mass is 1420 g/mol. The van der Waals surface area contributed by atoms with Crippen molar-refractivity contribution in [2.24, 2.45) is 27.8 Å². The molecule has 9 unspecified atom stereocenters. The molecule has 30 nitrogen and oxygen atoms in total. The summed E-state index contributed by atoms with van der Waals surface area (Å²) in [6.45, 7) is -1.13. The fourth-order valence-corrected chi connectivity index (χ4v) is 14.2. The second kappa shape index (κ2) is 34.8. The van der Waals surface area contributed by atoms with Crippen LogP contribution in [0, 0.1) is 22.0 Å². The maximum Gasteiger partial charge on any atom is 0.472 e. The van der Waals surface area contributed by atoms with E-state index in [1.54, 1.807) is 44.3 Å². The number of nitrogens with zero attached hydrogens (tertiary/aromatic N) is 5. The number of hydrogen-bond acceptors (Lipinski definition) is 23. The van der Waals surface area contributed by atoms with Crippen LogP contribution in [0.4, 0.5) is 22.7 Å². The molecular weight excluding hydrogens is 1340 g/mol. The summed E-state index contributed by atoms with van der Waals surface area (Å²) in [4.78, 5) is 97.5. The van der Waals surface area contributed by atoms with Crippen molar-refractivity contribution in [3.63, 3.8) is 0 Å². The summed E-state index contributed by atoms with van der Waals surface area (Å²) in [5, 5.41) is 53.1. The summed E-state index contributed by atoms with van der Waals surface area (Å²) in [7, 11) is -10.9. The summed E-state index contributed by atoms with van der Waals surface area (Å²) in [6.07, 6.45) is 5.04. The number of aliphatic hydroxyl groups is 1. The second-order valence-electron chi connectivity index (χ2n) is 23.6. The first-order chi connectivity index (χ1) is 45.7. The Morgan fingerprint density at radius 2 is 1.60 bits per heavy atom. The summed E-state index contributed by atoms with van der Waals surface area (Å²) in [6, 6.07) is 18.3. The van der Waals surface area contributed by atoms with E-state index in [2.05, 4.69) is 15.5 Å². The van der Waals surface area contributed by atoms with Gasteiger partial charge < -0.3 is 60.3 Å². The Morgan fingerprint density at radius 3 is 2.32 bits per heavy atom. The number of anilines is 1. The quantitative estimate of drug-likeness (QED) is 0.00522. The molecule has 1 aliphatic carbocycles. The molecule has 35 heteroatoms. The maximum absolute atomic E-state index is 13.4. The van der Waals surface area contributed by atoms with Gasteiger partial charge in [0.15, 0.2) is 5.78 Å². The van der Waals surface area contributed by atoms with Gasteiger partial charge in [-0.3, -0.25) is 51.6 Å². The highest BCUT2D eigenvalue weighted by Crippen LogP contribution is 2.52. The van der Waals surface area contributed by atoms with Gasteiger partial charge in [0.2, 0.25) is 5.91 Å². The summed E-state index contributed by atoms with van der Waals surface area (Å²) in [5.41, 5.74) is 8.08. The minimum absolute atomic E-state index is 0.0238. The van der Waals surface area contributed by atoms with Crippen LogP contribution in [0.1, 0.15) is 108 Å². The topological polar surface area (TPSA) is 427 Å². The number of phenolic OH excluding ortho intramolecular Hbond substituents is 1. The number of hydrogen-bond donors (Lipinski definition) is 8. The predicted octanol–water partition coefficient (Wildman–Crippen LogP) is 8.66. The highest BCUT2D eigenvalue weighted by Gasteiger charge is 2.43. The van der Waals surface area contributed by atoms with E-state index in [1.165, 1.54) is 65.6 Å². The molecule has 4 aromatic carbocycles. The number of aromatic carboxylic acids is 1. The number of nitrogens with two attached hydrogens (primary N) is 1. The number of unbranched alkanes of at least 4 members (excludes halogenated alkanes) is 4. The van der Waals surface area contributed by atoms with E-state index in [1.807, 2.05) is 11.9 Å². The van der Waals surface area contributed by atoms with Crippen LogP contribution in [0.15, 0.2) is 113 Å². The zero-order valence-electron chi connectivity index (χ0n) is 52.7. The molecule has 4 aliphatic rings. The summed E-state index contributed by atoms with van der Waals surface area (Å²) >= 11 is 6.12. The van der Waals surface area contributed by atoms with Gasteiger partial charge in [0, 0.05) is 97.9 Å². The number of azo groups is 1. The van der Waals surface area contributed by atoms with Gasteiger partial charge in [0.05, 0.1) is 72.5 Å². The number of nitrogens with one attached hydrogen (secondary N) is 1. The van der Waals surface area contributed by atoms with Crippen molar-refractivity contribution in [1.82, 2.24) is 10.2 Å². The molecule has 2 fully saturated rings. The predicted molar refractivity (Wildman–Crippen MR) is 350 cm³/mol. The fraction of sp³-hybridized carbons (Fsp3) is 0.475. The molecule has 0 radical (unpaired) electrons. The fourth-order valence-electron chi connectivity index (χ4n) is 11.4. The molecule has 0 aromatic heterocycles. The number of ether oxygens (including phenoxy) is 2. The van der Waals surface area contributed by atoms with Gasteiger partial charge in [-0.1, -0.05) is 43.0 Å². The second-order valence-corrected chi connectivity index (χ2v) is 28.3. The average Bonchev–Trinajstić information content (AvgIpc) is 0.918. The number of likely N-dealkylation sites (tertiary alicyclic amines) is 1. The van der Waals surface area contributed by atoms with Crippen molar-refractivity contribution < 1.29 is 104 Å². The Bertz CT molecular complexity index is 3670. The number of carboxylic acid groups (broad SMARTS) is 1. The molecule has 2 amide bonds. The molecule has 0 bridgehead atoms. The molecule has 0 spiro atoms. The lowest BCUT2D eigenvalue weighted by atomic mass is 9.74. The Kier molecular flexibility index (Phi) is 27.2. The first-order valence-electron chi connectivity index (χ1n) is 31.2. The van der Waals surface area contributed by atoms with Crippen molar-refractivity contribution in [3.8, 4) is 11.5 Å². The number of non-ortho nitro benzene ring substituents is 1. The van der Waals surface area contributed by atoms with Gasteiger partial charge in [-0.25, -0.2) is 18.5 Å². The molecule has 3 heterocycles. The van der Waals surface area contributed by atoms with E-state index >= 15 is 0 Å². The van der Waals surface area contributed by atoms with Gasteiger partial charge in [0.25, 0.3) is 11.6 Å². The lowest BCUT2D eigenvalue weighted by Crippen LogP contribution is -2.38. The lowest BCUT2D eigenvalue weighted by Gasteiger charge is -2.35. The number of benzene rings is 4. The Hall–Kier alpha value is -6.60. The third-order valence-corrected chi connectivity index (χ3v) is 19.5. The van der Waals surface area contributed by atoms with Crippen LogP contribution in [0.2, 0.25) is 5.02 Å². The number of phosphoric acid groups is 3. The first kappa shape index (κ1) is 75.2. The largest absolute Gasteiger partial charge is 0.508 e. The van der Waals surface area contributed by atoms with E-state index in [0.29, 0.717) is 81.3 Å². The maximum atomic E-state index is 13.4. The van der Waals surface area contributed by atoms with Crippen LogP contribution in [0.25, 0.3) is 0 Å². The highest BCUT2D eigenvalue weighted by molar-refractivity contribution is 7.48. The number of ketones is 1. The molecular formula is C61H78BClN7O23P3. The number of carbonyl (C=O) groups is 4. The number of carbonyl (C=O) groups excluding carboxylic acids is 3. The average molecular weight is 1420 g/mol. The summed E-state index contributed by atoms with van der Waals surface area (Å²) < 4.78 is 83.2. The number of nitro groups is 1. The number of halogens is 1. The Labute approximate surface area is 559 Å². The number of carboxylic acids is 1. The van der Waals surface area contributed by atoms with Gasteiger partial charge in [-0.2, -0.15) is 5.11 Å². The van der Waals surface area contributed by atoms with Crippen LogP contribution in [0.5, 0.6) is 11.5 Å². The molecule has 2 saturated heterocycles. The number of aliphatic hydroxyl groups excluding tert-OH is 1. The third kappa shape index (κ3) is 22.0. The smallest absolute Gasteiger partial charge is 0.472 e. The van der Waals surface area contributed by atoms with Gasteiger partial charge >= 0.3 is 29.4 Å². The van der Waals surface area contributed by atoms with E-state index in [4.69, 9.17) is 54.0 Å². The first-order valence-corrected chi connectivity index (χ1v) is 36.0. The van der Waals surface area contributed by atoms with E-state index in [-0.39, 0.29) is 95.4 Å². The van der Waals surface area contributed by atoms with Crippen LogP contribution in [-0.4, -0.2) is 168 Å². The van der Waals surface area contributed by atoms with Crippen LogP contribution in [-0.2, 0) is 55.2 Å². The van der Waals surface area contributed by atoms with E-state index < -0.39 is 115 Å². The molecule has 520 valence electrons. The van der Waals surface area contributed by atoms with Crippen molar-refractivity contribution >= 4 is 89.2 Å². The minimum Gasteiger partial charge on any atom is -0.508 e. The SMILES string of the molecule is BC1CC(OP(=O)(O)OC[C@@H]2C[C@@H](O)CN2C(=O)CCCN(C)c2ccc(/N=N/c3ccc([N+](=O)[O-])cc3Cl)cc2)C(COP(=O)(O)OCC(CCCCN)COP(=O)(O)OCCCCCCNC(=O)c2ccc(C(=O)O)c(C3c4ccc(O)cc4OC4=CC(=O)C=CC43)c2)O1. The highest BCUT2D eigenvalue weighted by atomic mass is 35.5. The van der Waals surface area contributed by atoms with Crippen molar-refractivity contribution in [2.45, 2.75) is 107 Å². The molecule has 0 saturated carbocycles. The van der Waals surface area contributed by atoms with Gasteiger partial charge in [0.1, 0.15) is 36.9 Å².